The topological polar surface area (TPSA) is 9.23 Å². The number of hydrogen-bond donors (Lipinski definition) is 0. The molecule has 1 unspecified atom stereocenters. The van der Waals surface area contributed by atoms with Gasteiger partial charge in [-0.2, -0.15) is 0 Å². The van der Waals surface area contributed by atoms with E-state index in [0.29, 0.717) is 12.5 Å². The van der Waals surface area contributed by atoms with Crippen LogP contribution in [0.25, 0.3) is 0 Å². The van der Waals surface area contributed by atoms with E-state index in [0.717, 1.165) is 31.7 Å². The van der Waals surface area contributed by atoms with Crippen LogP contribution >= 0.6 is 0 Å². The molecule has 1 rings (SSSR count). The van der Waals surface area contributed by atoms with Crippen LogP contribution in [0.15, 0.2) is 24.3 Å². The molecule has 0 N–H and O–H groups in total. The van der Waals surface area contributed by atoms with Crippen molar-refractivity contribution in [2.45, 2.75) is 39.5 Å². The van der Waals surface area contributed by atoms with Gasteiger partial charge in [0.1, 0.15) is 0 Å². The first kappa shape index (κ1) is 20.5. The summed E-state index contributed by atoms with van der Waals surface area (Å²) in [4.78, 5) is 0. The van der Waals surface area contributed by atoms with E-state index in [1.54, 1.807) is 6.07 Å². The zero-order valence-electron chi connectivity index (χ0n) is 12.5. The molecule has 0 heterocycles. The van der Waals surface area contributed by atoms with Crippen molar-refractivity contribution < 1.29 is 69.1 Å². The molecule has 0 spiro atoms. The second kappa shape index (κ2) is 10.3. The summed E-state index contributed by atoms with van der Waals surface area (Å²) in [6, 6.07) is 5.46. The van der Waals surface area contributed by atoms with Crippen molar-refractivity contribution in [3.8, 4) is 5.75 Å². The van der Waals surface area contributed by atoms with Crippen molar-refractivity contribution in [2.75, 3.05) is 6.61 Å². The zero-order valence-corrected chi connectivity index (χ0v) is 15.7. The molecule has 0 fully saturated rings. The summed E-state index contributed by atoms with van der Waals surface area (Å²) in [7, 11) is 0. The summed E-state index contributed by atoms with van der Waals surface area (Å²) in [5, 5.41) is 0. The van der Waals surface area contributed by atoms with Crippen LogP contribution in [0, 0.1) is 5.92 Å². The summed E-state index contributed by atoms with van der Waals surface area (Å²) in [6.45, 7) is -0.500. The Balaban J connectivity index is 0.00000361. The molecule has 0 saturated carbocycles. The molecule has 108 valence electrons. The van der Waals surface area contributed by atoms with E-state index in [2.05, 4.69) is 6.92 Å². The van der Waals surface area contributed by atoms with Crippen LogP contribution in [0.2, 0.25) is 0 Å². The molecule has 6 heteroatoms. The van der Waals surface area contributed by atoms with Gasteiger partial charge >= 0.3 is 58.4 Å². The zero-order chi connectivity index (χ0) is 14.3. The van der Waals surface area contributed by atoms with Gasteiger partial charge in [0.25, 0.3) is 0 Å². The van der Waals surface area contributed by atoms with Crippen LogP contribution in [0.5, 0.6) is 5.75 Å². The molecule has 1 atom stereocenters. The molecule has 1 nitrogen and oxygen atoms in total. The van der Waals surface area contributed by atoms with Gasteiger partial charge in [-0.1, -0.05) is 56.8 Å². The Morgan fingerprint density at radius 1 is 1.15 bits per heavy atom. The van der Waals surface area contributed by atoms with E-state index < -0.39 is 12.4 Å². The molecule has 0 aliphatic heterocycles. The Kier molecular flexibility index (Phi) is 10.5. The fourth-order valence-corrected chi connectivity index (χ4v) is 1.99. The Labute approximate surface area is 162 Å². The summed E-state index contributed by atoms with van der Waals surface area (Å²) >= 11 is 0. The van der Waals surface area contributed by atoms with Gasteiger partial charge in [0, 0.05) is 0 Å². The van der Waals surface area contributed by atoms with Crippen molar-refractivity contribution in [1.82, 2.24) is 0 Å². The fraction of sp³-hybridized carbons (Fsp3) is 0.571. The van der Waals surface area contributed by atoms with Crippen molar-refractivity contribution in [2.24, 2.45) is 5.92 Å². The third kappa shape index (κ3) is 6.98. The number of unbranched alkanes of at least 4 members (excludes halogenated alkanes) is 1. The molecule has 0 saturated heterocycles. The maximum atomic E-state index is 12.8. The fourth-order valence-electron chi connectivity index (χ4n) is 1.99. The maximum Gasteiger partial charge on any atom is 1.00 e. The minimum Gasteiger partial charge on any atom is -0.496 e. The number of halogens is 3. The Hall–Kier alpha value is 0.511. The van der Waals surface area contributed by atoms with Crippen molar-refractivity contribution >= 4 is 12.4 Å². The van der Waals surface area contributed by atoms with Gasteiger partial charge in [0.2, 0.25) is 0 Å². The van der Waals surface area contributed by atoms with Gasteiger partial charge in [-0.3, -0.25) is 0 Å². The predicted molar refractivity (Wildman–Crippen MR) is 74.0 cm³/mol. The summed E-state index contributed by atoms with van der Waals surface area (Å²) in [6.07, 6.45) is 4.12. The van der Waals surface area contributed by atoms with Crippen LogP contribution in [-0.4, -0.2) is 13.6 Å². The smallest absolute Gasteiger partial charge is 0.496 e. The van der Waals surface area contributed by atoms with Crippen LogP contribution in [-0.2, 0) is 0 Å². The number of benzene rings is 1. The second-order valence-electron chi connectivity index (χ2n) is 4.84. The normalized spacial score (nSPS) is 12.7. The van der Waals surface area contributed by atoms with Gasteiger partial charge in [-0.15, -0.1) is 0 Å². The molecular formula is C14H21BF3KO. The van der Waals surface area contributed by atoms with E-state index >= 15 is 0 Å². The molecule has 0 bridgehead atoms. The molecule has 0 amide bonds. The average Bonchev–Trinajstić information content (AvgIpc) is 2.38. The third-order valence-corrected chi connectivity index (χ3v) is 3.29. The van der Waals surface area contributed by atoms with E-state index in [1.807, 2.05) is 6.92 Å². The number of hydrogen-bond acceptors (Lipinski definition) is 1. The van der Waals surface area contributed by atoms with E-state index in [9.17, 15) is 12.9 Å². The predicted octanol–water partition coefficient (Wildman–Crippen LogP) is 1.34. The standard InChI is InChI=1S/C14H21BF3O.K/c1-3-5-8-12(4-2)11-19-14-10-7-6-9-13(14)15(16,17)18;/h6-7,9-10,12H,3-5,8,11H2,1-2H3;/q-1;+1. The number of ether oxygens (including phenoxy) is 1. The maximum absolute atomic E-state index is 12.8. The minimum atomic E-state index is -5.01. The van der Waals surface area contributed by atoms with E-state index in [-0.39, 0.29) is 57.1 Å². The van der Waals surface area contributed by atoms with Crippen LogP contribution in [0.3, 0.4) is 0 Å². The van der Waals surface area contributed by atoms with Gasteiger partial charge < -0.3 is 17.7 Å². The molecular weight excluding hydrogens is 291 g/mol. The van der Waals surface area contributed by atoms with Crippen molar-refractivity contribution in [1.29, 1.82) is 0 Å². The Bertz CT molecular complexity index is 385. The third-order valence-electron chi connectivity index (χ3n) is 3.29. The van der Waals surface area contributed by atoms with E-state index in [4.69, 9.17) is 4.74 Å². The largest absolute Gasteiger partial charge is 1.00 e. The summed E-state index contributed by atoms with van der Waals surface area (Å²) in [5.41, 5.74) is -0.632. The molecule has 1 aromatic carbocycles. The van der Waals surface area contributed by atoms with Crippen molar-refractivity contribution in [3.63, 3.8) is 0 Å². The molecule has 0 radical (unpaired) electrons. The quantitative estimate of drug-likeness (QED) is 0.658. The van der Waals surface area contributed by atoms with E-state index in [1.165, 1.54) is 12.1 Å². The first-order valence-electron chi connectivity index (χ1n) is 6.90. The molecule has 0 aliphatic rings. The monoisotopic (exact) mass is 312 g/mol. The average molecular weight is 312 g/mol. The minimum absolute atomic E-state index is 0. The first-order valence-corrected chi connectivity index (χ1v) is 6.90. The van der Waals surface area contributed by atoms with Gasteiger partial charge in [-0.05, 0) is 18.4 Å². The van der Waals surface area contributed by atoms with Gasteiger partial charge in [0.05, 0.1) is 12.4 Å². The SMILES string of the molecule is CCCCC(CC)COc1ccccc1[B-](F)(F)F.[K+]. The summed E-state index contributed by atoms with van der Waals surface area (Å²) < 4.78 is 43.9. The first-order chi connectivity index (χ1) is 8.99. The van der Waals surface area contributed by atoms with Crippen LogP contribution < -0.4 is 61.6 Å². The molecule has 0 aliphatic carbocycles. The Morgan fingerprint density at radius 2 is 1.80 bits per heavy atom. The second-order valence-corrected chi connectivity index (χ2v) is 4.84. The molecule has 1 aromatic rings. The summed E-state index contributed by atoms with van der Waals surface area (Å²) in [5.74, 6) is 0.290. The van der Waals surface area contributed by atoms with Gasteiger partial charge in [0.15, 0.2) is 0 Å². The van der Waals surface area contributed by atoms with Crippen LogP contribution in [0.1, 0.15) is 39.5 Å². The van der Waals surface area contributed by atoms with Crippen LogP contribution in [0.4, 0.5) is 12.9 Å². The van der Waals surface area contributed by atoms with Gasteiger partial charge in [-0.25, -0.2) is 0 Å². The van der Waals surface area contributed by atoms with Crippen molar-refractivity contribution in [3.05, 3.63) is 24.3 Å². The number of rotatable bonds is 8. The Morgan fingerprint density at radius 3 is 2.35 bits per heavy atom. The number of para-hydroxylation sites is 1. The molecule has 0 aromatic heterocycles. The molecule has 20 heavy (non-hydrogen) atoms.